The second kappa shape index (κ2) is 2.64. The predicted octanol–water partition coefficient (Wildman–Crippen LogP) is 0.641. The molecule has 54 valence electrons. The van der Waals surface area contributed by atoms with E-state index in [1.807, 2.05) is 13.8 Å². The summed E-state index contributed by atoms with van der Waals surface area (Å²) in [5.41, 5.74) is 1.79. The second-order valence-electron chi connectivity index (χ2n) is 2.22. The molecule has 0 saturated carbocycles. The predicted molar refractivity (Wildman–Crippen MR) is 39.0 cm³/mol. The summed E-state index contributed by atoms with van der Waals surface area (Å²) in [5, 5.41) is 6.24. The summed E-state index contributed by atoms with van der Waals surface area (Å²) in [7, 11) is 0. The molecule has 0 aromatic carbocycles. The Hall–Kier alpha value is -1.12. The van der Waals surface area contributed by atoms with Crippen LogP contribution in [0.3, 0.4) is 0 Å². The van der Waals surface area contributed by atoms with Gasteiger partial charge in [-0.15, -0.1) is 0 Å². The SMILES string of the molecule is CCc1n[nH]c(=O)cc1C. The van der Waals surface area contributed by atoms with Crippen LogP contribution in [-0.4, -0.2) is 10.2 Å². The van der Waals surface area contributed by atoms with E-state index in [1.165, 1.54) is 0 Å². The Balaban J connectivity index is 3.19. The second-order valence-corrected chi connectivity index (χ2v) is 2.22. The van der Waals surface area contributed by atoms with Gasteiger partial charge in [0.15, 0.2) is 0 Å². The number of nitrogens with one attached hydrogen (secondary N) is 1. The lowest BCUT2D eigenvalue weighted by Crippen LogP contribution is -2.09. The van der Waals surface area contributed by atoms with E-state index in [4.69, 9.17) is 0 Å². The molecule has 1 aromatic heterocycles. The zero-order valence-electron chi connectivity index (χ0n) is 6.14. The quantitative estimate of drug-likeness (QED) is 0.619. The number of nitrogens with zero attached hydrogens (tertiary/aromatic N) is 1. The maximum atomic E-state index is 10.6. The Bertz CT molecular complexity index is 277. The van der Waals surface area contributed by atoms with Gasteiger partial charge < -0.3 is 0 Å². The molecular formula is C7H10N2O. The summed E-state index contributed by atoms with van der Waals surface area (Å²) in [6, 6.07) is 1.56. The molecule has 0 bridgehead atoms. The number of aromatic amines is 1. The topological polar surface area (TPSA) is 45.8 Å². The average molecular weight is 138 g/mol. The van der Waals surface area contributed by atoms with Crippen LogP contribution in [0.4, 0.5) is 0 Å². The van der Waals surface area contributed by atoms with E-state index in [-0.39, 0.29) is 5.56 Å². The fourth-order valence-corrected chi connectivity index (χ4v) is 0.881. The number of hydrogen-bond donors (Lipinski definition) is 1. The number of H-pyrrole nitrogens is 1. The third-order valence-corrected chi connectivity index (χ3v) is 1.44. The molecule has 0 saturated heterocycles. The molecule has 0 fully saturated rings. The van der Waals surface area contributed by atoms with Gasteiger partial charge in [-0.3, -0.25) is 4.79 Å². The Morgan fingerprint density at radius 2 is 2.40 bits per heavy atom. The van der Waals surface area contributed by atoms with Gasteiger partial charge in [0.05, 0.1) is 5.69 Å². The summed E-state index contributed by atoms with van der Waals surface area (Å²) < 4.78 is 0. The number of hydrogen-bond acceptors (Lipinski definition) is 2. The fourth-order valence-electron chi connectivity index (χ4n) is 0.881. The van der Waals surface area contributed by atoms with E-state index in [1.54, 1.807) is 6.07 Å². The van der Waals surface area contributed by atoms with E-state index in [0.29, 0.717) is 0 Å². The molecule has 0 atom stereocenters. The highest BCUT2D eigenvalue weighted by Crippen LogP contribution is 1.98. The normalized spacial score (nSPS) is 9.80. The van der Waals surface area contributed by atoms with Crippen LogP contribution in [0.25, 0.3) is 0 Å². The highest BCUT2D eigenvalue weighted by atomic mass is 16.1. The molecule has 0 aliphatic rings. The molecule has 0 spiro atoms. The van der Waals surface area contributed by atoms with Crippen LogP contribution in [0.2, 0.25) is 0 Å². The molecule has 0 unspecified atom stereocenters. The zero-order chi connectivity index (χ0) is 7.56. The summed E-state index contributed by atoms with van der Waals surface area (Å²) in [6.07, 6.45) is 0.864. The lowest BCUT2D eigenvalue weighted by molar-refractivity contribution is 0.878. The molecule has 3 heteroatoms. The Morgan fingerprint density at radius 1 is 1.70 bits per heavy atom. The first kappa shape index (κ1) is 6.99. The minimum atomic E-state index is -0.130. The standard InChI is InChI=1S/C7H10N2O/c1-3-6-5(2)4-7(10)9-8-6/h4H,3H2,1-2H3,(H,9,10). The van der Waals surface area contributed by atoms with Crippen LogP contribution in [0, 0.1) is 6.92 Å². The van der Waals surface area contributed by atoms with Gasteiger partial charge in [0, 0.05) is 6.07 Å². The molecule has 10 heavy (non-hydrogen) atoms. The summed E-state index contributed by atoms with van der Waals surface area (Å²) in [5.74, 6) is 0. The minimum absolute atomic E-state index is 0.130. The number of rotatable bonds is 1. The summed E-state index contributed by atoms with van der Waals surface area (Å²) in [6.45, 7) is 3.90. The van der Waals surface area contributed by atoms with E-state index >= 15 is 0 Å². The maximum absolute atomic E-state index is 10.6. The van der Waals surface area contributed by atoms with Gasteiger partial charge in [-0.25, -0.2) is 5.10 Å². The van der Waals surface area contributed by atoms with E-state index < -0.39 is 0 Å². The third-order valence-electron chi connectivity index (χ3n) is 1.44. The van der Waals surface area contributed by atoms with Crippen molar-refractivity contribution < 1.29 is 0 Å². The largest absolute Gasteiger partial charge is 0.268 e. The molecule has 0 aliphatic carbocycles. The lowest BCUT2D eigenvalue weighted by Gasteiger charge is -1.96. The lowest BCUT2D eigenvalue weighted by atomic mass is 10.2. The molecule has 1 aromatic rings. The van der Waals surface area contributed by atoms with Gasteiger partial charge in [0.2, 0.25) is 0 Å². The van der Waals surface area contributed by atoms with Gasteiger partial charge in [0.25, 0.3) is 5.56 Å². The van der Waals surface area contributed by atoms with Crippen LogP contribution >= 0.6 is 0 Å². The first-order chi connectivity index (χ1) is 4.74. The molecule has 0 aliphatic heterocycles. The summed E-state index contributed by atoms with van der Waals surface area (Å²) in [4.78, 5) is 10.6. The van der Waals surface area contributed by atoms with Gasteiger partial charge in [0.1, 0.15) is 0 Å². The molecule has 1 heterocycles. The first-order valence-corrected chi connectivity index (χ1v) is 3.29. The van der Waals surface area contributed by atoms with Crippen LogP contribution in [-0.2, 0) is 6.42 Å². The van der Waals surface area contributed by atoms with Crippen molar-refractivity contribution in [1.29, 1.82) is 0 Å². The van der Waals surface area contributed by atoms with Crippen molar-refractivity contribution in [3.05, 3.63) is 27.7 Å². The van der Waals surface area contributed by atoms with Crippen molar-refractivity contribution in [2.24, 2.45) is 0 Å². The van der Waals surface area contributed by atoms with Crippen molar-refractivity contribution in [2.45, 2.75) is 20.3 Å². The molecule has 1 rings (SSSR count). The number of aromatic nitrogens is 2. The highest BCUT2D eigenvalue weighted by molar-refractivity contribution is 5.14. The van der Waals surface area contributed by atoms with Crippen LogP contribution < -0.4 is 5.56 Å². The van der Waals surface area contributed by atoms with Crippen LogP contribution in [0.1, 0.15) is 18.2 Å². The third kappa shape index (κ3) is 1.23. The molecular weight excluding hydrogens is 128 g/mol. The number of aryl methyl sites for hydroxylation is 2. The van der Waals surface area contributed by atoms with Crippen molar-refractivity contribution in [3.8, 4) is 0 Å². The van der Waals surface area contributed by atoms with Crippen molar-refractivity contribution in [2.75, 3.05) is 0 Å². The molecule has 0 amide bonds. The van der Waals surface area contributed by atoms with Crippen LogP contribution in [0.15, 0.2) is 10.9 Å². The monoisotopic (exact) mass is 138 g/mol. The van der Waals surface area contributed by atoms with Crippen molar-refractivity contribution in [1.82, 2.24) is 10.2 Å². The van der Waals surface area contributed by atoms with Gasteiger partial charge >= 0.3 is 0 Å². The van der Waals surface area contributed by atoms with Gasteiger partial charge in [-0.1, -0.05) is 6.92 Å². The highest BCUT2D eigenvalue weighted by Gasteiger charge is 1.95. The van der Waals surface area contributed by atoms with Gasteiger partial charge in [-0.05, 0) is 18.9 Å². The molecule has 1 N–H and O–H groups in total. The fraction of sp³-hybridized carbons (Fsp3) is 0.429. The van der Waals surface area contributed by atoms with E-state index in [9.17, 15) is 4.79 Å². The Kier molecular flexibility index (Phi) is 1.85. The first-order valence-electron chi connectivity index (χ1n) is 3.29. The Morgan fingerprint density at radius 3 is 2.90 bits per heavy atom. The molecule has 0 radical (unpaired) electrons. The van der Waals surface area contributed by atoms with Crippen LogP contribution in [0.5, 0.6) is 0 Å². The minimum Gasteiger partial charge on any atom is -0.268 e. The van der Waals surface area contributed by atoms with Crippen molar-refractivity contribution in [3.63, 3.8) is 0 Å². The van der Waals surface area contributed by atoms with Gasteiger partial charge in [-0.2, -0.15) is 5.10 Å². The Labute approximate surface area is 59.1 Å². The van der Waals surface area contributed by atoms with E-state index in [2.05, 4.69) is 10.2 Å². The van der Waals surface area contributed by atoms with Crippen molar-refractivity contribution >= 4 is 0 Å². The zero-order valence-corrected chi connectivity index (χ0v) is 6.14. The summed E-state index contributed by atoms with van der Waals surface area (Å²) >= 11 is 0. The van der Waals surface area contributed by atoms with E-state index in [0.717, 1.165) is 17.7 Å². The average Bonchev–Trinajstić information content (AvgIpc) is 1.88. The smallest absolute Gasteiger partial charge is 0.264 e. The molecule has 3 nitrogen and oxygen atoms in total. The maximum Gasteiger partial charge on any atom is 0.264 e.